The first-order valence-electron chi connectivity index (χ1n) is 10.1. The minimum absolute atomic E-state index is 0.0502. The van der Waals surface area contributed by atoms with Crippen LogP contribution in [0, 0.1) is 0 Å². The second-order valence-corrected chi connectivity index (χ2v) is 8.07. The van der Waals surface area contributed by atoms with Gasteiger partial charge in [-0.3, -0.25) is 14.4 Å². The normalized spacial score (nSPS) is 14.7. The molecule has 2 aromatic rings. The standard InChI is InChI=1S/C21H24F3N3O6S/c1-31-17-4-3-5-18(32-2)15(17)13-26-8-10-27(11-9-26)20(28)14-6-7-16(25-34(29)30)19(12-14)33-21(22,23)24/h3-7,12,34H,8-11,13H2,1-2H3,(H,25,29,30). The molecular weight excluding hydrogens is 479 g/mol. The van der Waals surface area contributed by atoms with E-state index in [1.807, 2.05) is 22.9 Å². The molecule has 1 saturated heterocycles. The van der Waals surface area contributed by atoms with Crippen molar-refractivity contribution in [3.63, 3.8) is 0 Å². The molecule has 0 spiro atoms. The Morgan fingerprint density at radius 3 is 2.15 bits per heavy atom. The molecule has 34 heavy (non-hydrogen) atoms. The smallest absolute Gasteiger partial charge is 0.496 e. The number of amides is 1. The molecule has 1 aliphatic rings. The summed E-state index contributed by atoms with van der Waals surface area (Å²) in [5.41, 5.74) is 0.410. The van der Waals surface area contributed by atoms with Crippen LogP contribution in [0.3, 0.4) is 0 Å². The van der Waals surface area contributed by atoms with E-state index < -0.39 is 34.6 Å². The number of rotatable bonds is 8. The maximum atomic E-state index is 12.9. The molecule has 0 radical (unpaired) electrons. The zero-order chi connectivity index (χ0) is 24.9. The van der Waals surface area contributed by atoms with Gasteiger partial charge in [0.15, 0.2) is 5.75 Å². The van der Waals surface area contributed by atoms with Gasteiger partial charge in [0.25, 0.3) is 5.91 Å². The van der Waals surface area contributed by atoms with Crippen LogP contribution in [0.25, 0.3) is 0 Å². The lowest BCUT2D eigenvalue weighted by Crippen LogP contribution is -2.48. The summed E-state index contributed by atoms with van der Waals surface area (Å²) in [4.78, 5) is 16.5. The fourth-order valence-corrected chi connectivity index (χ4v) is 4.04. The fourth-order valence-electron chi connectivity index (χ4n) is 3.65. The lowest BCUT2D eigenvalue weighted by Gasteiger charge is -2.35. The highest BCUT2D eigenvalue weighted by atomic mass is 32.2. The Labute approximate surface area is 196 Å². The molecule has 0 atom stereocenters. The number of nitrogens with zero attached hydrogens (tertiary/aromatic N) is 2. The highest BCUT2D eigenvalue weighted by molar-refractivity contribution is 7.73. The van der Waals surface area contributed by atoms with Crippen LogP contribution in [-0.4, -0.2) is 70.9 Å². The van der Waals surface area contributed by atoms with E-state index in [0.29, 0.717) is 44.2 Å². The van der Waals surface area contributed by atoms with Crippen molar-refractivity contribution in [2.24, 2.45) is 0 Å². The molecule has 0 saturated carbocycles. The van der Waals surface area contributed by atoms with Crippen LogP contribution in [0.15, 0.2) is 36.4 Å². The lowest BCUT2D eigenvalue weighted by atomic mass is 10.1. The summed E-state index contributed by atoms with van der Waals surface area (Å²) in [5, 5.41) is 0. The van der Waals surface area contributed by atoms with Crippen LogP contribution in [-0.2, 0) is 17.4 Å². The van der Waals surface area contributed by atoms with Crippen molar-refractivity contribution < 1.29 is 40.6 Å². The van der Waals surface area contributed by atoms with Gasteiger partial charge in [-0.1, -0.05) is 6.07 Å². The van der Waals surface area contributed by atoms with Crippen molar-refractivity contribution in [2.45, 2.75) is 12.9 Å². The average molecular weight is 503 g/mol. The van der Waals surface area contributed by atoms with Crippen molar-refractivity contribution in [2.75, 3.05) is 45.1 Å². The Bertz CT molecular complexity index is 1070. The molecule has 1 aliphatic heterocycles. The number of halogens is 3. The number of hydrogen-bond donors (Lipinski definition) is 2. The van der Waals surface area contributed by atoms with Crippen molar-refractivity contribution in [3.05, 3.63) is 47.5 Å². The molecule has 13 heteroatoms. The molecule has 3 rings (SSSR count). The Kier molecular flexibility index (Phi) is 8.10. The second kappa shape index (κ2) is 10.8. The van der Waals surface area contributed by atoms with Crippen LogP contribution in [0.2, 0.25) is 0 Å². The predicted molar refractivity (Wildman–Crippen MR) is 118 cm³/mol. The van der Waals surface area contributed by atoms with E-state index in [1.165, 1.54) is 11.0 Å². The zero-order valence-corrected chi connectivity index (χ0v) is 19.3. The summed E-state index contributed by atoms with van der Waals surface area (Å²) in [5.74, 6) is 0.0752. The minimum atomic E-state index is -5.06. The maximum absolute atomic E-state index is 12.9. The number of nitrogens with one attached hydrogen (secondary N) is 1. The molecule has 9 nitrogen and oxygen atoms in total. The quantitative estimate of drug-likeness (QED) is 0.535. The van der Waals surface area contributed by atoms with Crippen molar-refractivity contribution >= 4 is 22.5 Å². The van der Waals surface area contributed by atoms with E-state index in [0.717, 1.165) is 17.7 Å². The molecule has 2 aromatic carbocycles. The summed E-state index contributed by atoms with van der Waals surface area (Å²) in [6.45, 7) is 2.27. The summed E-state index contributed by atoms with van der Waals surface area (Å²) in [6.07, 6.45) is -5.06. The number of anilines is 1. The number of carbonyl (C=O) groups excluding carboxylic acids is 1. The van der Waals surface area contributed by atoms with Gasteiger partial charge in [-0.2, -0.15) is 0 Å². The number of methoxy groups -OCH3 is 2. The number of piperazine rings is 1. The van der Waals surface area contributed by atoms with E-state index in [2.05, 4.69) is 9.64 Å². The molecule has 0 aromatic heterocycles. The molecule has 1 fully saturated rings. The third kappa shape index (κ3) is 6.44. The number of benzene rings is 2. The minimum Gasteiger partial charge on any atom is -0.496 e. The van der Waals surface area contributed by atoms with Gasteiger partial charge in [0.2, 0.25) is 10.9 Å². The largest absolute Gasteiger partial charge is 0.573 e. The summed E-state index contributed by atoms with van der Waals surface area (Å²) in [7, 11) is -0.0793. The molecule has 0 bridgehead atoms. The van der Waals surface area contributed by atoms with Crippen molar-refractivity contribution in [1.82, 2.24) is 9.80 Å². The Hall–Kier alpha value is -3.19. The molecule has 0 aliphatic carbocycles. The molecular formula is C21H24F3N3O6S. The SMILES string of the molecule is COc1cccc(OC)c1CN1CCN(C(=O)c2ccc(N[SH](=O)=O)c(OC(F)(F)F)c2)CC1. The van der Waals surface area contributed by atoms with Crippen molar-refractivity contribution in [1.29, 1.82) is 0 Å². The van der Waals surface area contributed by atoms with E-state index in [-0.39, 0.29) is 5.56 Å². The fraction of sp³-hybridized carbons (Fsp3) is 0.381. The van der Waals surface area contributed by atoms with E-state index in [4.69, 9.17) is 9.47 Å². The molecule has 1 amide bonds. The third-order valence-electron chi connectivity index (χ3n) is 5.24. The highest BCUT2D eigenvalue weighted by Gasteiger charge is 2.33. The highest BCUT2D eigenvalue weighted by Crippen LogP contribution is 2.32. The third-order valence-corrected chi connectivity index (χ3v) is 5.66. The topological polar surface area (TPSA) is 97.4 Å². The number of ether oxygens (including phenoxy) is 3. The Balaban J connectivity index is 1.70. The first-order chi connectivity index (χ1) is 16.1. The molecule has 1 heterocycles. The molecule has 0 unspecified atom stereocenters. The zero-order valence-electron chi connectivity index (χ0n) is 18.4. The first-order valence-corrected chi connectivity index (χ1v) is 11.3. The van der Waals surface area contributed by atoms with Crippen LogP contribution in [0.5, 0.6) is 17.2 Å². The number of hydrogen-bond acceptors (Lipinski definition) is 7. The Morgan fingerprint density at radius 2 is 1.62 bits per heavy atom. The Morgan fingerprint density at radius 1 is 1.00 bits per heavy atom. The van der Waals surface area contributed by atoms with E-state index in [9.17, 15) is 26.4 Å². The summed E-state index contributed by atoms with van der Waals surface area (Å²) in [6, 6.07) is 8.68. The maximum Gasteiger partial charge on any atom is 0.573 e. The van der Waals surface area contributed by atoms with Crippen molar-refractivity contribution in [3.8, 4) is 17.2 Å². The molecule has 1 N–H and O–H groups in total. The summed E-state index contributed by atoms with van der Waals surface area (Å²) >= 11 is 0. The van der Waals surface area contributed by atoms with Crippen LogP contribution >= 0.6 is 0 Å². The van der Waals surface area contributed by atoms with Gasteiger partial charge in [-0.15, -0.1) is 13.2 Å². The number of alkyl halides is 3. The van der Waals surface area contributed by atoms with Crippen LogP contribution < -0.4 is 18.9 Å². The predicted octanol–water partition coefficient (Wildman–Crippen LogP) is 2.50. The lowest BCUT2D eigenvalue weighted by molar-refractivity contribution is -0.274. The number of carbonyl (C=O) groups is 1. The monoisotopic (exact) mass is 503 g/mol. The first kappa shape index (κ1) is 25.4. The van der Waals surface area contributed by atoms with Gasteiger partial charge in [0.1, 0.15) is 11.5 Å². The van der Waals surface area contributed by atoms with Gasteiger partial charge in [0.05, 0.1) is 25.5 Å². The number of thiol groups is 1. The average Bonchev–Trinajstić information content (AvgIpc) is 2.79. The van der Waals surface area contributed by atoms with Gasteiger partial charge in [-0.25, -0.2) is 8.42 Å². The summed E-state index contributed by atoms with van der Waals surface area (Å²) < 4.78 is 76.7. The van der Waals surface area contributed by atoms with Crippen LogP contribution in [0.4, 0.5) is 18.9 Å². The van der Waals surface area contributed by atoms with Gasteiger partial charge in [-0.05, 0) is 30.3 Å². The second-order valence-electron chi connectivity index (χ2n) is 7.34. The van der Waals surface area contributed by atoms with Gasteiger partial charge in [0, 0.05) is 38.3 Å². The van der Waals surface area contributed by atoms with Gasteiger partial charge >= 0.3 is 6.36 Å². The molecule has 186 valence electrons. The van der Waals surface area contributed by atoms with E-state index in [1.54, 1.807) is 14.2 Å². The van der Waals surface area contributed by atoms with Crippen LogP contribution in [0.1, 0.15) is 15.9 Å². The van der Waals surface area contributed by atoms with Gasteiger partial charge < -0.3 is 19.1 Å². The van der Waals surface area contributed by atoms with E-state index >= 15 is 0 Å².